The first-order chi connectivity index (χ1) is 7.12. The van der Waals surface area contributed by atoms with Crippen LogP contribution in [0, 0.1) is 0 Å². The molecule has 0 N–H and O–H groups in total. The molecule has 1 unspecified atom stereocenters. The van der Waals surface area contributed by atoms with Gasteiger partial charge >= 0.3 is 29.6 Å². The monoisotopic (exact) mass is 266 g/mol. The molecule has 0 spiro atoms. The third-order valence-corrected chi connectivity index (χ3v) is 2.04. The predicted octanol–water partition coefficient (Wildman–Crippen LogP) is -2.89. The Balaban J connectivity index is 0. The minimum Gasteiger partial charge on any atom is -0.754 e. The van der Waals surface area contributed by atoms with E-state index in [0.717, 1.165) is 0 Å². The molecule has 0 aliphatic carbocycles. The van der Waals surface area contributed by atoms with Crippen LogP contribution < -0.4 is 34.5 Å². The van der Waals surface area contributed by atoms with E-state index in [1.165, 1.54) is 6.92 Å². The molecule has 7 nitrogen and oxygen atoms in total. The SMILES string of the molecule is CCOP(=O)([O-])OOCCOCCOC.[Na+]. The Labute approximate surface area is 117 Å². The van der Waals surface area contributed by atoms with E-state index in [9.17, 15) is 9.46 Å². The van der Waals surface area contributed by atoms with E-state index in [2.05, 4.69) is 14.1 Å². The molecule has 0 aliphatic heterocycles. The molecule has 0 heterocycles. The molecule has 1 atom stereocenters. The van der Waals surface area contributed by atoms with Crippen molar-refractivity contribution in [1.82, 2.24) is 0 Å². The van der Waals surface area contributed by atoms with Gasteiger partial charge in [0, 0.05) is 7.11 Å². The Bertz CT molecular complexity index is 192. The minimum atomic E-state index is -4.31. The number of rotatable bonds is 10. The normalized spacial score (nSPS) is 14.2. The minimum absolute atomic E-state index is 0. The van der Waals surface area contributed by atoms with Crippen LogP contribution in [-0.4, -0.2) is 40.1 Å². The maximum atomic E-state index is 10.8. The van der Waals surface area contributed by atoms with E-state index >= 15 is 0 Å². The first kappa shape index (κ1) is 19.3. The van der Waals surface area contributed by atoms with Crippen molar-refractivity contribution in [3.63, 3.8) is 0 Å². The van der Waals surface area contributed by atoms with Gasteiger partial charge in [0.05, 0.1) is 26.4 Å². The largest absolute Gasteiger partial charge is 1.00 e. The fraction of sp³-hybridized carbons (Fsp3) is 1.00. The summed E-state index contributed by atoms with van der Waals surface area (Å²) < 4.78 is 28.8. The molecule has 0 aromatic rings. The fourth-order valence-electron chi connectivity index (χ4n) is 0.619. The molecule has 16 heavy (non-hydrogen) atoms. The number of hydrogen-bond donors (Lipinski definition) is 0. The molecule has 0 radical (unpaired) electrons. The van der Waals surface area contributed by atoms with Crippen LogP contribution in [0.1, 0.15) is 6.92 Å². The first-order valence-electron chi connectivity index (χ1n) is 4.46. The van der Waals surface area contributed by atoms with Crippen molar-refractivity contribution in [3.05, 3.63) is 0 Å². The van der Waals surface area contributed by atoms with E-state index in [4.69, 9.17) is 9.47 Å². The standard InChI is InChI=1S/C7H17O7P.Na/c1-3-13-15(8,9)14-12-7-6-11-5-4-10-2;/h3-7H2,1-2H3,(H,8,9);/q;+1/p-1. The molecule has 0 fully saturated rings. The predicted molar refractivity (Wildman–Crippen MR) is 49.0 cm³/mol. The van der Waals surface area contributed by atoms with Crippen molar-refractivity contribution in [2.24, 2.45) is 0 Å². The van der Waals surface area contributed by atoms with Crippen molar-refractivity contribution in [2.45, 2.75) is 6.92 Å². The Morgan fingerprint density at radius 1 is 1.19 bits per heavy atom. The van der Waals surface area contributed by atoms with E-state index in [-0.39, 0.29) is 49.4 Å². The van der Waals surface area contributed by atoms with Gasteiger partial charge in [0.15, 0.2) is 0 Å². The molecule has 9 heteroatoms. The van der Waals surface area contributed by atoms with Gasteiger partial charge in [0.2, 0.25) is 0 Å². The zero-order valence-corrected chi connectivity index (χ0v) is 12.7. The summed E-state index contributed by atoms with van der Waals surface area (Å²) in [6.45, 7) is 2.65. The van der Waals surface area contributed by atoms with Crippen LogP contribution in [0.4, 0.5) is 0 Å². The molecule has 0 aromatic heterocycles. The average molecular weight is 266 g/mol. The van der Waals surface area contributed by atoms with E-state index in [1.807, 2.05) is 0 Å². The van der Waals surface area contributed by atoms with Crippen molar-refractivity contribution < 1.29 is 62.6 Å². The van der Waals surface area contributed by atoms with Crippen LogP contribution in [0.25, 0.3) is 0 Å². The van der Waals surface area contributed by atoms with Crippen molar-refractivity contribution in [1.29, 1.82) is 0 Å². The van der Waals surface area contributed by atoms with Gasteiger partial charge in [-0.1, -0.05) is 0 Å². The second-order valence-electron chi connectivity index (χ2n) is 2.37. The Kier molecular flexibility index (Phi) is 15.0. The smallest absolute Gasteiger partial charge is 0.754 e. The van der Waals surface area contributed by atoms with E-state index in [0.29, 0.717) is 13.2 Å². The second kappa shape index (κ2) is 12.4. The average Bonchev–Trinajstić information content (AvgIpc) is 2.16. The Hall–Kier alpha value is 0.990. The fourth-order valence-corrected chi connectivity index (χ4v) is 1.18. The summed E-state index contributed by atoms with van der Waals surface area (Å²) in [5.41, 5.74) is 0. The van der Waals surface area contributed by atoms with Crippen molar-refractivity contribution in [2.75, 3.05) is 40.1 Å². The van der Waals surface area contributed by atoms with Crippen LogP contribution in [0.15, 0.2) is 0 Å². The third kappa shape index (κ3) is 13.1. The van der Waals surface area contributed by atoms with Crippen molar-refractivity contribution >= 4 is 7.82 Å². The van der Waals surface area contributed by atoms with Gasteiger partial charge in [-0.05, 0) is 6.92 Å². The summed E-state index contributed by atoms with van der Waals surface area (Å²) in [6, 6.07) is 0. The number of methoxy groups -OCH3 is 1. The molecule has 0 saturated heterocycles. The summed E-state index contributed by atoms with van der Waals surface area (Å²) in [6.07, 6.45) is 0. The molecular weight excluding hydrogens is 250 g/mol. The van der Waals surface area contributed by atoms with Crippen LogP contribution in [-0.2, 0) is 28.1 Å². The molecule has 0 saturated carbocycles. The van der Waals surface area contributed by atoms with Crippen LogP contribution in [0.5, 0.6) is 0 Å². The molecule has 0 aliphatic rings. The summed E-state index contributed by atoms with van der Waals surface area (Å²) in [5.74, 6) is 0. The second-order valence-corrected chi connectivity index (χ2v) is 3.67. The summed E-state index contributed by atoms with van der Waals surface area (Å²) in [4.78, 5) is 15.1. The van der Waals surface area contributed by atoms with Gasteiger partial charge in [-0.3, -0.25) is 4.57 Å². The van der Waals surface area contributed by atoms with Gasteiger partial charge in [-0.2, -0.15) is 4.67 Å². The topological polar surface area (TPSA) is 86.3 Å². The summed E-state index contributed by atoms with van der Waals surface area (Å²) >= 11 is 0. The molecular formula is C7H16NaO7P. The zero-order valence-electron chi connectivity index (χ0n) is 9.84. The molecule has 0 bridgehead atoms. The quantitative estimate of drug-likeness (QED) is 0.138. The number of phosphoric ester groups is 1. The maximum Gasteiger partial charge on any atom is 1.00 e. The Morgan fingerprint density at radius 3 is 2.38 bits per heavy atom. The van der Waals surface area contributed by atoms with Gasteiger partial charge in [-0.25, -0.2) is 4.89 Å². The summed E-state index contributed by atoms with van der Waals surface area (Å²) in [7, 11) is -2.75. The van der Waals surface area contributed by atoms with Crippen LogP contribution in [0.3, 0.4) is 0 Å². The molecule has 0 aromatic carbocycles. The molecule has 92 valence electrons. The molecule has 0 amide bonds. The first-order valence-corrected chi connectivity index (χ1v) is 5.92. The van der Waals surface area contributed by atoms with Gasteiger partial charge in [0.25, 0.3) is 7.82 Å². The van der Waals surface area contributed by atoms with E-state index < -0.39 is 7.82 Å². The number of phosphoric acid groups is 1. The van der Waals surface area contributed by atoms with Crippen molar-refractivity contribution in [3.8, 4) is 0 Å². The number of ether oxygens (including phenoxy) is 2. The van der Waals surface area contributed by atoms with Gasteiger partial charge in [-0.15, -0.1) is 0 Å². The number of hydrogen-bond acceptors (Lipinski definition) is 7. The van der Waals surface area contributed by atoms with Crippen LogP contribution >= 0.6 is 7.82 Å². The third-order valence-electron chi connectivity index (χ3n) is 1.17. The zero-order chi connectivity index (χ0) is 11.6. The maximum absolute atomic E-state index is 10.8. The Morgan fingerprint density at radius 2 is 1.81 bits per heavy atom. The van der Waals surface area contributed by atoms with Crippen LogP contribution in [0.2, 0.25) is 0 Å². The molecule has 0 rings (SSSR count). The van der Waals surface area contributed by atoms with Gasteiger partial charge in [0.1, 0.15) is 6.61 Å². The summed E-state index contributed by atoms with van der Waals surface area (Å²) in [5, 5.41) is 0. The van der Waals surface area contributed by atoms with Gasteiger partial charge < -0.3 is 18.9 Å². The van der Waals surface area contributed by atoms with E-state index in [1.54, 1.807) is 7.11 Å².